The Balaban J connectivity index is 1.89. The molecule has 0 N–H and O–H groups in total. The number of nitrogens with zero attached hydrogens (tertiary/aromatic N) is 2. The molecule has 0 bridgehead atoms. The molecule has 0 saturated carbocycles. The van der Waals surface area contributed by atoms with Crippen molar-refractivity contribution in [3.63, 3.8) is 0 Å². The molecule has 1 fully saturated rings. The third-order valence-electron chi connectivity index (χ3n) is 5.91. The molecule has 0 aromatic heterocycles. The lowest BCUT2D eigenvalue weighted by atomic mass is 9.97. The molecule has 7 nitrogen and oxygen atoms in total. The lowest BCUT2D eigenvalue weighted by Crippen LogP contribution is -2.47. The zero-order valence-electron chi connectivity index (χ0n) is 18.8. The van der Waals surface area contributed by atoms with Crippen LogP contribution in [0.4, 0.5) is 5.69 Å². The van der Waals surface area contributed by atoms with Crippen molar-refractivity contribution in [1.82, 2.24) is 4.90 Å². The van der Waals surface area contributed by atoms with Crippen molar-refractivity contribution in [2.45, 2.75) is 38.0 Å². The second-order valence-corrected chi connectivity index (χ2v) is 9.85. The fraction of sp³-hybridized carbons (Fsp3) is 0.417. The molecule has 2 aromatic carbocycles. The lowest BCUT2D eigenvalue weighted by molar-refractivity contribution is -0.148. The van der Waals surface area contributed by atoms with E-state index in [0.29, 0.717) is 38.0 Å². The average Bonchev–Trinajstić information content (AvgIpc) is 2.82. The molecular formula is C24H30N2O5S. The van der Waals surface area contributed by atoms with Gasteiger partial charge in [-0.15, -0.1) is 0 Å². The van der Waals surface area contributed by atoms with Crippen LogP contribution in [0.5, 0.6) is 0 Å². The van der Waals surface area contributed by atoms with Gasteiger partial charge in [-0.2, -0.15) is 0 Å². The predicted molar refractivity (Wildman–Crippen MR) is 123 cm³/mol. The Kier molecular flexibility index (Phi) is 7.56. The van der Waals surface area contributed by atoms with Crippen molar-refractivity contribution >= 4 is 27.6 Å². The fourth-order valence-corrected chi connectivity index (χ4v) is 5.40. The highest BCUT2D eigenvalue weighted by molar-refractivity contribution is 7.92. The van der Waals surface area contributed by atoms with E-state index in [0.717, 1.165) is 11.1 Å². The number of esters is 1. The van der Waals surface area contributed by atoms with Gasteiger partial charge in [-0.1, -0.05) is 42.8 Å². The summed E-state index contributed by atoms with van der Waals surface area (Å²) in [7, 11) is -2.59. The highest BCUT2D eigenvalue weighted by atomic mass is 32.2. The van der Waals surface area contributed by atoms with Gasteiger partial charge in [0.2, 0.25) is 5.91 Å². The van der Waals surface area contributed by atoms with Crippen molar-refractivity contribution in [1.29, 1.82) is 0 Å². The van der Waals surface area contributed by atoms with Crippen LogP contribution < -0.4 is 4.31 Å². The molecule has 1 amide bonds. The molecule has 0 radical (unpaired) electrons. The average molecular weight is 459 g/mol. The smallest absolute Gasteiger partial charge is 0.308 e. The van der Waals surface area contributed by atoms with Crippen molar-refractivity contribution in [2.24, 2.45) is 5.92 Å². The van der Waals surface area contributed by atoms with Gasteiger partial charge in [0, 0.05) is 13.1 Å². The number of hydrogen-bond donors (Lipinski definition) is 0. The zero-order chi connectivity index (χ0) is 23.3. The number of anilines is 1. The maximum absolute atomic E-state index is 13.6. The lowest BCUT2D eigenvalue weighted by Gasteiger charge is -2.33. The Morgan fingerprint density at radius 1 is 1.06 bits per heavy atom. The number of aryl methyl sites for hydroxylation is 2. The first-order valence-corrected chi connectivity index (χ1v) is 12.2. The van der Waals surface area contributed by atoms with E-state index in [-0.39, 0.29) is 29.2 Å². The maximum Gasteiger partial charge on any atom is 0.308 e. The van der Waals surface area contributed by atoms with E-state index < -0.39 is 10.0 Å². The number of likely N-dealkylation sites (tertiary alicyclic amines) is 1. The number of para-hydroxylation sites is 1. The first-order valence-electron chi connectivity index (χ1n) is 10.8. The van der Waals surface area contributed by atoms with E-state index in [1.807, 2.05) is 26.0 Å². The number of piperidine rings is 1. The molecule has 3 rings (SSSR count). The van der Waals surface area contributed by atoms with Gasteiger partial charge in [0.25, 0.3) is 10.0 Å². The number of rotatable bonds is 7. The summed E-state index contributed by atoms with van der Waals surface area (Å²) in [5, 5.41) is 0. The minimum absolute atomic E-state index is 0.145. The molecule has 1 saturated heterocycles. The number of amides is 1. The summed E-state index contributed by atoms with van der Waals surface area (Å²) in [6.07, 6.45) is 1.65. The first kappa shape index (κ1) is 23.8. The summed E-state index contributed by atoms with van der Waals surface area (Å²) in [5.74, 6) is -0.773. The summed E-state index contributed by atoms with van der Waals surface area (Å²) in [4.78, 5) is 26.7. The number of carbonyl (C=O) groups is 2. The highest BCUT2D eigenvalue weighted by Gasteiger charge is 2.32. The van der Waals surface area contributed by atoms with Crippen LogP contribution in [0.1, 0.15) is 30.9 Å². The van der Waals surface area contributed by atoms with Gasteiger partial charge in [-0.05, 0) is 49.9 Å². The maximum atomic E-state index is 13.6. The van der Waals surface area contributed by atoms with Crippen molar-refractivity contribution in [2.75, 3.05) is 31.0 Å². The van der Waals surface area contributed by atoms with Crippen LogP contribution in [0.3, 0.4) is 0 Å². The van der Waals surface area contributed by atoms with Crippen LogP contribution >= 0.6 is 0 Å². The van der Waals surface area contributed by atoms with Crippen LogP contribution in [0.2, 0.25) is 0 Å². The quantitative estimate of drug-likeness (QED) is 0.595. The highest BCUT2D eigenvalue weighted by Crippen LogP contribution is 2.28. The largest absolute Gasteiger partial charge is 0.469 e. The summed E-state index contributed by atoms with van der Waals surface area (Å²) in [6, 6.07) is 13.9. The Labute approximate surface area is 190 Å². The normalized spacial score (nSPS) is 14.8. The molecule has 0 aliphatic carbocycles. The molecule has 0 atom stereocenters. The SMILES string of the molecule is CCc1ccccc1N(CC(=O)N1CCC(C(=O)OC)CC1)S(=O)(=O)c1ccc(C)cc1. The zero-order valence-corrected chi connectivity index (χ0v) is 19.6. The van der Waals surface area contributed by atoms with Gasteiger partial charge in [0.05, 0.1) is 23.6 Å². The van der Waals surface area contributed by atoms with Gasteiger partial charge in [0.15, 0.2) is 0 Å². The van der Waals surface area contributed by atoms with Crippen LogP contribution in [-0.2, 0) is 30.8 Å². The van der Waals surface area contributed by atoms with Crippen LogP contribution in [0, 0.1) is 12.8 Å². The number of methoxy groups -OCH3 is 1. The molecule has 1 aliphatic heterocycles. The van der Waals surface area contributed by atoms with E-state index >= 15 is 0 Å². The van der Waals surface area contributed by atoms with Gasteiger partial charge in [0.1, 0.15) is 6.54 Å². The van der Waals surface area contributed by atoms with Crippen molar-refractivity contribution in [3.8, 4) is 0 Å². The van der Waals surface area contributed by atoms with Gasteiger partial charge < -0.3 is 9.64 Å². The molecule has 172 valence electrons. The van der Waals surface area contributed by atoms with E-state index in [1.54, 1.807) is 41.3 Å². The Morgan fingerprint density at radius 3 is 2.28 bits per heavy atom. The van der Waals surface area contributed by atoms with E-state index in [1.165, 1.54) is 11.4 Å². The van der Waals surface area contributed by atoms with Gasteiger partial charge >= 0.3 is 5.97 Å². The van der Waals surface area contributed by atoms with E-state index in [4.69, 9.17) is 4.74 Å². The number of sulfonamides is 1. The van der Waals surface area contributed by atoms with Crippen molar-refractivity contribution in [3.05, 3.63) is 59.7 Å². The summed E-state index contributed by atoms with van der Waals surface area (Å²) >= 11 is 0. The third kappa shape index (κ3) is 5.12. The molecule has 2 aromatic rings. The summed E-state index contributed by atoms with van der Waals surface area (Å²) < 4.78 is 33.2. The Bertz CT molecular complexity index is 1060. The number of carbonyl (C=O) groups excluding carboxylic acids is 2. The standard InChI is InChI=1S/C24H30N2O5S/c1-4-19-7-5-6-8-22(19)26(32(29,30)21-11-9-18(2)10-12-21)17-23(27)25-15-13-20(14-16-25)24(28)31-3/h5-12,20H,4,13-17H2,1-3H3. The molecule has 0 spiro atoms. The van der Waals surface area contributed by atoms with Crippen LogP contribution in [0.15, 0.2) is 53.4 Å². The Morgan fingerprint density at radius 2 is 1.69 bits per heavy atom. The topological polar surface area (TPSA) is 84.0 Å². The van der Waals surface area contributed by atoms with Gasteiger partial charge in [-0.3, -0.25) is 13.9 Å². The van der Waals surface area contributed by atoms with E-state index in [2.05, 4.69) is 0 Å². The van der Waals surface area contributed by atoms with Crippen LogP contribution in [-0.4, -0.2) is 51.9 Å². The summed E-state index contributed by atoms with van der Waals surface area (Å²) in [6.45, 7) is 4.34. The third-order valence-corrected chi connectivity index (χ3v) is 7.69. The number of ether oxygens (including phenoxy) is 1. The predicted octanol–water partition coefficient (Wildman–Crippen LogP) is 3.16. The molecule has 1 heterocycles. The number of hydrogen-bond acceptors (Lipinski definition) is 5. The molecule has 8 heteroatoms. The van der Waals surface area contributed by atoms with E-state index in [9.17, 15) is 18.0 Å². The molecule has 32 heavy (non-hydrogen) atoms. The second kappa shape index (κ2) is 10.2. The number of benzene rings is 2. The molecule has 0 unspecified atom stereocenters. The first-order chi connectivity index (χ1) is 15.3. The fourth-order valence-electron chi connectivity index (χ4n) is 3.94. The monoisotopic (exact) mass is 458 g/mol. The van der Waals surface area contributed by atoms with Crippen molar-refractivity contribution < 1.29 is 22.7 Å². The minimum atomic E-state index is -3.95. The second-order valence-electron chi connectivity index (χ2n) is 7.99. The molecule has 1 aliphatic rings. The minimum Gasteiger partial charge on any atom is -0.469 e. The molecular weight excluding hydrogens is 428 g/mol. The van der Waals surface area contributed by atoms with Gasteiger partial charge in [-0.25, -0.2) is 8.42 Å². The Hall–Kier alpha value is -2.87. The summed E-state index contributed by atoms with van der Waals surface area (Å²) in [5.41, 5.74) is 2.31. The van der Waals surface area contributed by atoms with Crippen LogP contribution in [0.25, 0.3) is 0 Å².